The molecule has 3 heteroatoms. The summed E-state index contributed by atoms with van der Waals surface area (Å²) in [5, 5.41) is 28.2. The van der Waals surface area contributed by atoms with Gasteiger partial charge in [0.25, 0.3) is 0 Å². The number of aliphatic hydroxyl groups excluding tert-OH is 3. The topological polar surface area (TPSA) is 60.7 Å². The van der Waals surface area contributed by atoms with Gasteiger partial charge >= 0.3 is 0 Å². The van der Waals surface area contributed by atoms with Crippen LogP contribution in [0, 0.1) is 0 Å². The molecule has 3 atom stereocenters. The molecule has 94 valence electrons. The molecule has 0 heterocycles. The molecule has 1 aromatic carbocycles. The first kappa shape index (κ1) is 13.9. The van der Waals surface area contributed by atoms with Crippen LogP contribution < -0.4 is 0 Å². The molecule has 0 aliphatic carbocycles. The van der Waals surface area contributed by atoms with E-state index in [0.29, 0.717) is 0 Å². The van der Waals surface area contributed by atoms with Crippen molar-refractivity contribution in [2.45, 2.75) is 31.5 Å². The van der Waals surface area contributed by atoms with Gasteiger partial charge in [0.2, 0.25) is 0 Å². The third kappa shape index (κ3) is 4.30. The van der Waals surface area contributed by atoms with E-state index in [1.165, 1.54) is 0 Å². The normalized spacial score (nSPS) is 16.9. The van der Waals surface area contributed by atoms with Crippen LogP contribution in [0.2, 0.25) is 0 Å². The molecule has 0 spiro atoms. The first-order valence-electron chi connectivity index (χ1n) is 5.83. The fraction of sp³-hybridized carbons (Fsp3) is 0.429. The SMILES string of the molecule is C/C=C/[C@@H](c1ccccc1)[C@@H](O)C[C@H](O)CO. The zero-order valence-corrected chi connectivity index (χ0v) is 10.0. The fourth-order valence-corrected chi connectivity index (χ4v) is 1.84. The summed E-state index contributed by atoms with van der Waals surface area (Å²) in [6.07, 6.45) is 2.38. The average molecular weight is 236 g/mol. The number of rotatable bonds is 6. The highest BCUT2D eigenvalue weighted by atomic mass is 16.3. The van der Waals surface area contributed by atoms with E-state index in [1.807, 2.05) is 49.4 Å². The summed E-state index contributed by atoms with van der Waals surface area (Å²) < 4.78 is 0. The Labute approximate surface area is 102 Å². The van der Waals surface area contributed by atoms with E-state index in [-0.39, 0.29) is 18.9 Å². The largest absolute Gasteiger partial charge is 0.394 e. The third-order valence-corrected chi connectivity index (χ3v) is 2.72. The van der Waals surface area contributed by atoms with Gasteiger partial charge in [0.1, 0.15) is 0 Å². The molecule has 1 rings (SSSR count). The van der Waals surface area contributed by atoms with Crippen molar-refractivity contribution in [2.24, 2.45) is 0 Å². The smallest absolute Gasteiger partial charge is 0.0795 e. The van der Waals surface area contributed by atoms with Crippen molar-refractivity contribution in [3.8, 4) is 0 Å². The van der Waals surface area contributed by atoms with Gasteiger partial charge < -0.3 is 15.3 Å². The second-order valence-corrected chi connectivity index (χ2v) is 4.10. The van der Waals surface area contributed by atoms with Crippen molar-refractivity contribution in [3.05, 3.63) is 48.0 Å². The average Bonchev–Trinajstić information content (AvgIpc) is 2.36. The molecule has 0 aliphatic rings. The molecule has 0 aromatic heterocycles. The van der Waals surface area contributed by atoms with Crippen LogP contribution in [0.1, 0.15) is 24.8 Å². The van der Waals surface area contributed by atoms with E-state index in [4.69, 9.17) is 5.11 Å². The minimum Gasteiger partial charge on any atom is -0.394 e. The molecule has 0 saturated carbocycles. The van der Waals surface area contributed by atoms with Gasteiger partial charge in [0.15, 0.2) is 0 Å². The fourth-order valence-electron chi connectivity index (χ4n) is 1.84. The zero-order chi connectivity index (χ0) is 12.7. The Balaban J connectivity index is 2.79. The highest BCUT2D eigenvalue weighted by molar-refractivity contribution is 5.25. The van der Waals surface area contributed by atoms with E-state index in [1.54, 1.807) is 0 Å². The molecule has 0 radical (unpaired) electrons. The van der Waals surface area contributed by atoms with Gasteiger partial charge in [-0.05, 0) is 12.5 Å². The van der Waals surface area contributed by atoms with E-state index >= 15 is 0 Å². The second kappa shape index (κ2) is 7.22. The molecule has 3 N–H and O–H groups in total. The highest BCUT2D eigenvalue weighted by Crippen LogP contribution is 2.24. The van der Waals surface area contributed by atoms with Crippen LogP contribution in [-0.4, -0.2) is 34.1 Å². The lowest BCUT2D eigenvalue weighted by molar-refractivity contribution is 0.0369. The van der Waals surface area contributed by atoms with Crippen molar-refractivity contribution in [1.29, 1.82) is 0 Å². The highest BCUT2D eigenvalue weighted by Gasteiger charge is 2.20. The molecule has 0 amide bonds. The van der Waals surface area contributed by atoms with Crippen LogP contribution in [0.4, 0.5) is 0 Å². The van der Waals surface area contributed by atoms with Crippen LogP contribution in [0.3, 0.4) is 0 Å². The number of hydrogen-bond donors (Lipinski definition) is 3. The number of benzene rings is 1. The van der Waals surface area contributed by atoms with E-state index in [9.17, 15) is 10.2 Å². The Morgan fingerprint density at radius 3 is 2.35 bits per heavy atom. The van der Waals surface area contributed by atoms with E-state index in [2.05, 4.69) is 0 Å². The molecule has 17 heavy (non-hydrogen) atoms. The van der Waals surface area contributed by atoms with Crippen molar-refractivity contribution in [2.75, 3.05) is 6.61 Å². The quantitative estimate of drug-likeness (QED) is 0.655. The lowest BCUT2D eigenvalue weighted by Crippen LogP contribution is -2.25. The molecule has 0 saturated heterocycles. The van der Waals surface area contributed by atoms with Gasteiger partial charge in [-0.15, -0.1) is 0 Å². The van der Waals surface area contributed by atoms with Crippen molar-refractivity contribution >= 4 is 0 Å². The van der Waals surface area contributed by atoms with Gasteiger partial charge in [0, 0.05) is 12.3 Å². The molecular weight excluding hydrogens is 216 g/mol. The number of hydrogen-bond acceptors (Lipinski definition) is 3. The third-order valence-electron chi connectivity index (χ3n) is 2.72. The summed E-state index contributed by atoms with van der Waals surface area (Å²) in [4.78, 5) is 0. The van der Waals surface area contributed by atoms with Crippen molar-refractivity contribution in [1.82, 2.24) is 0 Å². The minimum absolute atomic E-state index is 0.151. The van der Waals surface area contributed by atoms with Gasteiger partial charge in [-0.2, -0.15) is 0 Å². The lowest BCUT2D eigenvalue weighted by atomic mass is 9.90. The monoisotopic (exact) mass is 236 g/mol. The summed E-state index contributed by atoms with van der Waals surface area (Å²) in [5.74, 6) is -0.151. The summed E-state index contributed by atoms with van der Waals surface area (Å²) in [7, 11) is 0. The Morgan fingerprint density at radius 1 is 1.18 bits per heavy atom. The maximum atomic E-state index is 10.1. The molecule has 0 fully saturated rings. The maximum Gasteiger partial charge on any atom is 0.0795 e. The van der Waals surface area contributed by atoms with Crippen LogP contribution in [0.15, 0.2) is 42.5 Å². The lowest BCUT2D eigenvalue weighted by Gasteiger charge is -2.22. The predicted molar refractivity (Wildman–Crippen MR) is 67.7 cm³/mol. The molecule has 3 nitrogen and oxygen atoms in total. The molecule has 0 unspecified atom stereocenters. The Morgan fingerprint density at radius 2 is 1.82 bits per heavy atom. The first-order chi connectivity index (χ1) is 8.19. The minimum atomic E-state index is -0.874. The van der Waals surface area contributed by atoms with Gasteiger partial charge in [0.05, 0.1) is 18.8 Å². The van der Waals surface area contributed by atoms with E-state index < -0.39 is 12.2 Å². The Bertz CT molecular complexity index is 335. The first-order valence-corrected chi connectivity index (χ1v) is 5.83. The van der Waals surface area contributed by atoms with Gasteiger partial charge in [-0.1, -0.05) is 42.5 Å². The standard InChI is InChI=1S/C14H20O3/c1-2-6-13(11-7-4-3-5-8-11)14(17)9-12(16)10-15/h2-8,12-17H,9-10H2,1H3/b6-2+/t12-,13-,14-/m0/s1. The summed E-state index contributed by atoms with van der Waals surface area (Å²) >= 11 is 0. The second-order valence-electron chi connectivity index (χ2n) is 4.10. The Hall–Kier alpha value is -1.16. The zero-order valence-electron chi connectivity index (χ0n) is 10.0. The molecule has 0 aliphatic heterocycles. The molecular formula is C14H20O3. The van der Waals surface area contributed by atoms with Gasteiger partial charge in [-0.25, -0.2) is 0 Å². The summed E-state index contributed by atoms with van der Waals surface area (Å²) in [6.45, 7) is 1.57. The summed E-state index contributed by atoms with van der Waals surface area (Å²) in [6, 6.07) is 9.64. The predicted octanol–water partition coefficient (Wildman–Crippen LogP) is 1.45. The van der Waals surface area contributed by atoms with Crippen LogP contribution >= 0.6 is 0 Å². The Kier molecular flexibility index (Phi) is 5.91. The van der Waals surface area contributed by atoms with E-state index in [0.717, 1.165) is 5.56 Å². The number of aliphatic hydroxyl groups is 3. The summed E-state index contributed by atoms with van der Waals surface area (Å²) in [5.41, 5.74) is 1.00. The number of allylic oxidation sites excluding steroid dienone is 1. The van der Waals surface area contributed by atoms with Crippen molar-refractivity contribution in [3.63, 3.8) is 0 Å². The van der Waals surface area contributed by atoms with Crippen LogP contribution in [0.25, 0.3) is 0 Å². The van der Waals surface area contributed by atoms with Crippen molar-refractivity contribution < 1.29 is 15.3 Å². The van der Waals surface area contributed by atoms with Crippen LogP contribution in [-0.2, 0) is 0 Å². The maximum absolute atomic E-state index is 10.1. The molecule has 0 bridgehead atoms. The van der Waals surface area contributed by atoms with Crippen LogP contribution in [0.5, 0.6) is 0 Å². The van der Waals surface area contributed by atoms with Gasteiger partial charge in [-0.3, -0.25) is 0 Å². The molecule has 1 aromatic rings.